The van der Waals surface area contributed by atoms with E-state index in [0.29, 0.717) is 18.4 Å². The Morgan fingerprint density at radius 3 is 2.43 bits per heavy atom. The molecule has 5 nitrogen and oxygen atoms in total. The van der Waals surface area contributed by atoms with Crippen LogP contribution in [-0.4, -0.2) is 48.3 Å². The smallest absolute Gasteiger partial charge is 0.315 e. The molecule has 0 aromatic heterocycles. The van der Waals surface area contributed by atoms with Crippen LogP contribution in [0, 0.1) is 11.6 Å². The van der Waals surface area contributed by atoms with E-state index in [4.69, 9.17) is 0 Å². The summed E-state index contributed by atoms with van der Waals surface area (Å²) in [6.45, 7) is 3.34. The number of halogens is 2. The standard InChI is InChI=1S/C16H23F2N3O2/c1-11(12-7-13(17)9-14(18)8-12)20-15(22)19-10-16(23)3-5-21(2)6-4-16/h7-9,11,23H,3-6,10H2,1-2H3,(H2,19,20,22)/t11-/m1/s1. The third-order valence-electron chi connectivity index (χ3n) is 4.23. The predicted octanol–water partition coefficient (Wildman–Crippen LogP) is 1.78. The fourth-order valence-corrected chi connectivity index (χ4v) is 2.61. The van der Waals surface area contributed by atoms with Gasteiger partial charge in [0, 0.05) is 25.7 Å². The predicted molar refractivity (Wildman–Crippen MR) is 83.0 cm³/mol. The van der Waals surface area contributed by atoms with Gasteiger partial charge in [0.05, 0.1) is 11.6 Å². The van der Waals surface area contributed by atoms with Crippen LogP contribution < -0.4 is 10.6 Å². The normalized spacial score (nSPS) is 19.2. The molecule has 1 aliphatic heterocycles. The summed E-state index contributed by atoms with van der Waals surface area (Å²) >= 11 is 0. The first kappa shape index (κ1) is 17.6. The summed E-state index contributed by atoms with van der Waals surface area (Å²) in [5, 5.41) is 15.6. The molecule has 0 spiro atoms. The van der Waals surface area contributed by atoms with Crippen LogP contribution >= 0.6 is 0 Å². The van der Waals surface area contributed by atoms with Crippen molar-refractivity contribution in [1.82, 2.24) is 15.5 Å². The lowest BCUT2D eigenvalue weighted by molar-refractivity contribution is -0.0123. The zero-order chi connectivity index (χ0) is 17.0. The van der Waals surface area contributed by atoms with Crippen LogP contribution in [0.1, 0.15) is 31.4 Å². The Morgan fingerprint density at radius 2 is 1.87 bits per heavy atom. The second-order valence-corrected chi connectivity index (χ2v) is 6.28. The van der Waals surface area contributed by atoms with E-state index in [1.54, 1.807) is 6.92 Å². The van der Waals surface area contributed by atoms with Gasteiger partial charge in [-0.2, -0.15) is 0 Å². The van der Waals surface area contributed by atoms with E-state index in [1.807, 2.05) is 7.05 Å². The summed E-state index contributed by atoms with van der Waals surface area (Å²) < 4.78 is 26.4. The van der Waals surface area contributed by atoms with Crippen molar-refractivity contribution in [2.45, 2.75) is 31.4 Å². The van der Waals surface area contributed by atoms with Gasteiger partial charge >= 0.3 is 6.03 Å². The van der Waals surface area contributed by atoms with Gasteiger partial charge in [0.25, 0.3) is 0 Å². The van der Waals surface area contributed by atoms with Crippen molar-refractivity contribution in [2.75, 3.05) is 26.7 Å². The minimum absolute atomic E-state index is 0.150. The van der Waals surface area contributed by atoms with Crippen molar-refractivity contribution < 1.29 is 18.7 Å². The molecule has 0 bridgehead atoms. The Balaban J connectivity index is 1.84. The van der Waals surface area contributed by atoms with Crippen LogP contribution in [0.15, 0.2) is 18.2 Å². The molecule has 1 atom stereocenters. The number of hydrogen-bond acceptors (Lipinski definition) is 3. The average Bonchev–Trinajstić information content (AvgIpc) is 2.48. The largest absolute Gasteiger partial charge is 0.388 e. The molecular formula is C16H23F2N3O2. The van der Waals surface area contributed by atoms with Crippen LogP contribution in [0.3, 0.4) is 0 Å². The molecule has 0 saturated carbocycles. The first-order valence-electron chi connectivity index (χ1n) is 7.69. The third-order valence-corrected chi connectivity index (χ3v) is 4.23. The number of likely N-dealkylation sites (tertiary alicyclic amines) is 1. The van der Waals surface area contributed by atoms with Gasteiger partial charge < -0.3 is 20.6 Å². The highest BCUT2D eigenvalue weighted by Gasteiger charge is 2.31. The van der Waals surface area contributed by atoms with Crippen molar-refractivity contribution in [2.24, 2.45) is 0 Å². The molecule has 1 aromatic carbocycles. The zero-order valence-electron chi connectivity index (χ0n) is 13.4. The van der Waals surface area contributed by atoms with Gasteiger partial charge in [-0.25, -0.2) is 13.6 Å². The maximum Gasteiger partial charge on any atom is 0.315 e. The fraction of sp³-hybridized carbons (Fsp3) is 0.562. The second kappa shape index (κ2) is 7.23. The molecule has 0 unspecified atom stereocenters. The molecule has 2 rings (SSSR count). The van der Waals surface area contributed by atoms with Crippen molar-refractivity contribution in [3.63, 3.8) is 0 Å². The van der Waals surface area contributed by atoms with Crippen molar-refractivity contribution in [1.29, 1.82) is 0 Å². The monoisotopic (exact) mass is 327 g/mol. The van der Waals surface area contributed by atoms with E-state index >= 15 is 0 Å². The van der Waals surface area contributed by atoms with Crippen LogP contribution in [0.2, 0.25) is 0 Å². The lowest BCUT2D eigenvalue weighted by Gasteiger charge is -2.36. The number of nitrogens with zero attached hydrogens (tertiary/aromatic N) is 1. The minimum Gasteiger partial charge on any atom is -0.388 e. The minimum atomic E-state index is -0.905. The van der Waals surface area contributed by atoms with Gasteiger partial charge in [0.1, 0.15) is 11.6 Å². The van der Waals surface area contributed by atoms with Crippen molar-refractivity contribution in [3.05, 3.63) is 35.4 Å². The van der Waals surface area contributed by atoms with Gasteiger partial charge in [-0.15, -0.1) is 0 Å². The summed E-state index contributed by atoms with van der Waals surface area (Å²) in [6.07, 6.45) is 1.18. The molecule has 7 heteroatoms. The number of amides is 2. The number of hydrogen-bond donors (Lipinski definition) is 3. The Hall–Kier alpha value is -1.73. The Labute approximate surface area is 134 Å². The first-order valence-corrected chi connectivity index (χ1v) is 7.69. The van der Waals surface area contributed by atoms with Crippen LogP contribution in [0.25, 0.3) is 0 Å². The molecule has 1 aliphatic rings. The summed E-state index contributed by atoms with van der Waals surface area (Å²) in [4.78, 5) is 14.0. The Bertz CT molecular complexity index is 540. The maximum absolute atomic E-state index is 13.2. The SMILES string of the molecule is C[C@@H](NC(=O)NCC1(O)CCN(C)CC1)c1cc(F)cc(F)c1. The lowest BCUT2D eigenvalue weighted by atomic mass is 9.92. The van der Waals surface area contributed by atoms with E-state index < -0.39 is 29.3 Å². The maximum atomic E-state index is 13.2. The molecule has 3 N–H and O–H groups in total. The number of carbonyl (C=O) groups excluding carboxylic acids is 1. The fourth-order valence-electron chi connectivity index (χ4n) is 2.61. The summed E-state index contributed by atoms with van der Waals surface area (Å²) in [5.74, 6) is -1.37. The number of carbonyl (C=O) groups is 1. The highest BCUT2D eigenvalue weighted by molar-refractivity contribution is 5.74. The van der Waals surface area contributed by atoms with Crippen LogP contribution in [0.4, 0.5) is 13.6 Å². The molecule has 2 amide bonds. The average molecular weight is 327 g/mol. The van der Waals surface area contributed by atoms with Crippen LogP contribution in [0.5, 0.6) is 0 Å². The Kier molecular flexibility index (Phi) is 5.54. The second-order valence-electron chi connectivity index (χ2n) is 6.28. The quantitative estimate of drug-likeness (QED) is 0.790. The summed E-state index contributed by atoms with van der Waals surface area (Å²) in [6, 6.07) is 2.12. The first-order chi connectivity index (χ1) is 10.8. The van der Waals surface area contributed by atoms with Crippen LogP contribution in [-0.2, 0) is 0 Å². The third kappa shape index (κ3) is 5.14. The summed E-state index contributed by atoms with van der Waals surface area (Å²) in [7, 11) is 1.99. The number of nitrogens with one attached hydrogen (secondary N) is 2. The van der Waals surface area contributed by atoms with E-state index in [0.717, 1.165) is 19.2 Å². The highest BCUT2D eigenvalue weighted by Crippen LogP contribution is 2.20. The van der Waals surface area contributed by atoms with Gasteiger partial charge in [0.15, 0.2) is 0 Å². The number of piperidine rings is 1. The molecule has 0 aliphatic carbocycles. The van der Waals surface area contributed by atoms with Crippen molar-refractivity contribution >= 4 is 6.03 Å². The molecular weight excluding hydrogens is 304 g/mol. The number of aliphatic hydroxyl groups is 1. The lowest BCUT2D eigenvalue weighted by Crippen LogP contribution is -2.51. The molecule has 23 heavy (non-hydrogen) atoms. The van der Waals surface area contributed by atoms with E-state index in [2.05, 4.69) is 15.5 Å². The molecule has 1 fully saturated rings. The number of benzene rings is 1. The molecule has 128 valence electrons. The molecule has 0 radical (unpaired) electrons. The van der Waals surface area contributed by atoms with E-state index in [1.165, 1.54) is 12.1 Å². The molecule has 1 aromatic rings. The van der Waals surface area contributed by atoms with Gasteiger partial charge in [-0.1, -0.05) is 0 Å². The molecule has 1 saturated heterocycles. The van der Waals surface area contributed by atoms with Gasteiger partial charge in [-0.3, -0.25) is 0 Å². The zero-order valence-corrected chi connectivity index (χ0v) is 13.4. The van der Waals surface area contributed by atoms with E-state index in [-0.39, 0.29) is 6.54 Å². The Morgan fingerprint density at radius 1 is 1.30 bits per heavy atom. The molecule has 1 heterocycles. The van der Waals surface area contributed by atoms with E-state index in [9.17, 15) is 18.7 Å². The van der Waals surface area contributed by atoms with Gasteiger partial charge in [0.2, 0.25) is 0 Å². The van der Waals surface area contributed by atoms with Gasteiger partial charge in [-0.05, 0) is 44.5 Å². The summed E-state index contributed by atoms with van der Waals surface area (Å²) in [5.41, 5.74) is -0.562. The topological polar surface area (TPSA) is 64.6 Å². The number of rotatable bonds is 4. The number of urea groups is 1. The van der Waals surface area contributed by atoms with Crippen molar-refractivity contribution in [3.8, 4) is 0 Å². The highest BCUT2D eigenvalue weighted by atomic mass is 19.1.